The van der Waals surface area contributed by atoms with Gasteiger partial charge in [-0.3, -0.25) is 9.59 Å². The number of fused-ring (bicyclic) bond motifs is 2. The third-order valence-electron chi connectivity index (χ3n) is 5.72. The first-order valence-corrected chi connectivity index (χ1v) is 10.0. The maximum atomic E-state index is 13.1. The molecule has 1 aromatic carbocycles. The summed E-state index contributed by atoms with van der Waals surface area (Å²) in [6, 6.07) is 9.77. The summed E-state index contributed by atoms with van der Waals surface area (Å²) in [5.41, 5.74) is 3.80. The maximum Gasteiger partial charge on any atom is 0.259 e. The van der Waals surface area contributed by atoms with Crippen LogP contribution in [-0.4, -0.2) is 67.4 Å². The molecule has 0 spiro atoms. The van der Waals surface area contributed by atoms with E-state index in [1.165, 1.54) is 0 Å². The topological polar surface area (TPSA) is 86.6 Å². The number of H-pyrrole nitrogens is 1. The number of hydrogen-bond acceptors (Lipinski definition) is 4. The van der Waals surface area contributed by atoms with Gasteiger partial charge in [0.2, 0.25) is 5.91 Å². The third-order valence-corrected chi connectivity index (χ3v) is 5.72. The zero-order valence-corrected chi connectivity index (χ0v) is 16.7. The molecule has 1 fully saturated rings. The van der Waals surface area contributed by atoms with Gasteiger partial charge in [0.15, 0.2) is 5.65 Å². The van der Waals surface area contributed by atoms with E-state index in [-0.39, 0.29) is 11.8 Å². The number of carbonyl (C=O) groups excluding carboxylic acids is 2. The van der Waals surface area contributed by atoms with Crippen molar-refractivity contribution >= 4 is 28.4 Å². The molecule has 4 aromatic rings. The second-order valence-electron chi connectivity index (χ2n) is 7.56. The summed E-state index contributed by atoms with van der Waals surface area (Å²) in [4.78, 5) is 37.1. The van der Waals surface area contributed by atoms with Gasteiger partial charge in [-0.2, -0.15) is 5.10 Å². The fraction of sp³-hybridized carbons (Fsp3) is 0.273. The molecule has 4 heterocycles. The lowest BCUT2D eigenvalue weighted by Crippen LogP contribution is -2.51. The first kappa shape index (κ1) is 18.4. The van der Waals surface area contributed by atoms with Crippen LogP contribution < -0.4 is 0 Å². The van der Waals surface area contributed by atoms with Crippen molar-refractivity contribution in [1.82, 2.24) is 29.4 Å². The third kappa shape index (κ3) is 3.10. The highest BCUT2D eigenvalue weighted by Gasteiger charge is 2.28. The Morgan fingerprint density at radius 1 is 1.07 bits per heavy atom. The molecule has 5 rings (SSSR count). The molecule has 1 aliphatic rings. The highest BCUT2D eigenvalue weighted by Crippen LogP contribution is 2.20. The standard InChI is InChI=1S/C22H22N6O2/c1-15-20(21-23-7-4-8-28(21)25-15)22(30)27-11-9-26(10-12-27)19(29)13-16-14-24-18-6-3-2-5-17(16)18/h2-8,14,24H,9-13H2,1H3. The van der Waals surface area contributed by atoms with E-state index in [0.29, 0.717) is 49.5 Å². The number of rotatable bonds is 3. The number of piperazine rings is 1. The maximum absolute atomic E-state index is 13.1. The first-order chi connectivity index (χ1) is 14.6. The predicted octanol–water partition coefficient (Wildman–Crippen LogP) is 2.05. The van der Waals surface area contributed by atoms with E-state index in [1.807, 2.05) is 42.3 Å². The van der Waals surface area contributed by atoms with E-state index in [9.17, 15) is 9.59 Å². The van der Waals surface area contributed by atoms with Gasteiger partial charge in [0.1, 0.15) is 5.56 Å². The summed E-state index contributed by atoms with van der Waals surface area (Å²) in [5, 5.41) is 5.46. The average Bonchev–Trinajstić information content (AvgIpc) is 3.33. The number of nitrogens with zero attached hydrogens (tertiary/aromatic N) is 5. The Morgan fingerprint density at radius 3 is 2.67 bits per heavy atom. The van der Waals surface area contributed by atoms with Crippen LogP contribution in [0.1, 0.15) is 21.6 Å². The van der Waals surface area contributed by atoms with Gasteiger partial charge >= 0.3 is 0 Å². The predicted molar refractivity (Wildman–Crippen MR) is 112 cm³/mol. The number of nitrogens with one attached hydrogen (secondary N) is 1. The lowest BCUT2D eigenvalue weighted by Gasteiger charge is -2.34. The molecule has 30 heavy (non-hydrogen) atoms. The minimum Gasteiger partial charge on any atom is -0.361 e. The Morgan fingerprint density at radius 2 is 1.83 bits per heavy atom. The number of hydrogen-bond donors (Lipinski definition) is 1. The number of aromatic nitrogens is 4. The molecule has 0 bridgehead atoms. The Bertz CT molecular complexity index is 1250. The lowest BCUT2D eigenvalue weighted by atomic mass is 10.1. The Balaban J connectivity index is 1.26. The summed E-state index contributed by atoms with van der Waals surface area (Å²) in [7, 11) is 0. The molecule has 0 atom stereocenters. The van der Waals surface area contributed by atoms with Crippen LogP contribution >= 0.6 is 0 Å². The molecule has 8 nitrogen and oxygen atoms in total. The highest BCUT2D eigenvalue weighted by atomic mass is 16.2. The van der Waals surface area contributed by atoms with Crippen LogP contribution in [0.3, 0.4) is 0 Å². The Labute approximate surface area is 173 Å². The minimum atomic E-state index is -0.0788. The number of aryl methyl sites for hydroxylation is 1. The normalized spacial score (nSPS) is 14.6. The van der Waals surface area contributed by atoms with Crippen LogP contribution in [0.5, 0.6) is 0 Å². The molecular formula is C22H22N6O2. The monoisotopic (exact) mass is 402 g/mol. The molecule has 152 valence electrons. The quantitative estimate of drug-likeness (QED) is 0.568. The minimum absolute atomic E-state index is 0.0788. The second kappa shape index (κ2) is 7.29. The number of carbonyl (C=O) groups is 2. The average molecular weight is 402 g/mol. The molecule has 0 radical (unpaired) electrons. The summed E-state index contributed by atoms with van der Waals surface area (Å²) in [5.74, 6) is 0.00519. The largest absolute Gasteiger partial charge is 0.361 e. The second-order valence-corrected chi connectivity index (χ2v) is 7.56. The van der Waals surface area contributed by atoms with Gasteiger partial charge in [0, 0.05) is 55.7 Å². The molecule has 8 heteroatoms. The van der Waals surface area contributed by atoms with Gasteiger partial charge < -0.3 is 14.8 Å². The Hall–Kier alpha value is -3.68. The molecule has 3 aromatic heterocycles. The summed E-state index contributed by atoms with van der Waals surface area (Å²) in [6.45, 7) is 3.88. The SMILES string of the molecule is Cc1nn2cccnc2c1C(=O)N1CCN(C(=O)Cc2c[nH]c3ccccc23)CC1. The highest BCUT2D eigenvalue weighted by molar-refractivity contribution is 6.01. The molecule has 1 saturated heterocycles. The molecule has 1 N–H and O–H groups in total. The van der Waals surface area contributed by atoms with Crippen molar-refractivity contribution in [1.29, 1.82) is 0 Å². The van der Waals surface area contributed by atoms with Crippen LogP contribution in [0, 0.1) is 6.92 Å². The van der Waals surface area contributed by atoms with Crippen LogP contribution in [0.25, 0.3) is 16.6 Å². The van der Waals surface area contributed by atoms with E-state index in [0.717, 1.165) is 16.5 Å². The van der Waals surface area contributed by atoms with Crippen molar-refractivity contribution < 1.29 is 9.59 Å². The fourth-order valence-corrected chi connectivity index (χ4v) is 4.12. The van der Waals surface area contributed by atoms with Gasteiger partial charge in [-0.1, -0.05) is 18.2 Å². The molecule has 0 unspecified atom stereocenters. The van der Waals surface area contributed by atoms with E-state index >= 15 is 0 Å². The van der Waals surface area contributed by atoms with E-state index in [1.54, 1.807) is 27.9 Å². The number of para-hydroxylation sites is 1. The smallest absolute Gasteiger partial charge is 0.259 e. The van der Waals surface area contributed by atoms with E-state index in [2.05, 4.69) is 15.1 Å². The summed E-state index contributed by atoms with van der Waals surface area (Å²) in [6.07, 6.45) is 5.71. The molecular weight excluding hydrogens is 380 g/mol. The number of benzene rings is 1. The zero-order chi connectivity index (χ0) is 20.7. The summed E-state index contributed by atoms with van der Waals surface area (Å²) < 4.78 is 1.63. The van der Waals surface area contributed by atoms with Crippen LogP contribution in [0.15, 0.2) is 48.9 Å². The van der Waals surface area contributed by atoms with E-state index < -0.39 is 0 Å². The van der Waals surface area contributed by atoms with Crippen molar-refractivity contribution in [3.63, 3.8) is 0 Å². The van der Waals surface area contributed by atoms with Gasteiger partial charge in [-0.05, 0) is 24.6 Å². The zero-order valence-electron chi connectivity index (χ0n) is 16.7. The fourth-order valence-electron chi connectivity index (χ4n) is 4.12. The Kier molecular flexibility index (Phi) is 4.46. The molecule has 1 aliphatic heterocycles. The van der Waals surface area contributed by atoms with Gasteiger partial charge in [-0.25, -0.2) is 9.50 Å². The lowest BCUT2D eigenvalue weighted by molar-refractivity contribution is -0.131. The van der Waals surface area contributed by atoms with Crippen molar-refractivity contribution in [3.8, 4) is 0 Å². The number of aromatic amines is 1. The van der Waals surface area contributed by atoms with Crippen molar-refractivity contribution in [2.24, 2.45) is 0 Å². The van der Waals surface area contributed by atoms with Gasteiger partial charge in [0.25, 0.3) is 5.91 Å². The number of amides is 2. The molecule has 0 aliphatic carbocycles. The first-order valence-electron chi connectivity index (χ1n) is 10.0. The van der Waals surface area contributed by atoms with Crippen LogP contribution in [0.2, 0.25) is 0 Å². The molecule has 0 saturated carbocycles. The molecule has 2 amide bonds. The van der Waals surface area contributed by atoms with Crippen LogP contribution in [0.4, 0.5) is 0 Å². The van der Waals surface area contributed by atoms with Gasteiger partial charge in [-0.15, -0.1) is 0 Å². The van der Waals surface area contributed by atoms with Crippen LogP contribution in [-0.2, 0) is 11.2 Å². The van der Waals surface area contributed by atoms with Crippen molar-refractivity contribution in [3.05, 3.63) is 65.7 Å². The van der Waals surface area contributed by atoms with Crippen molar-refractivity contribution in [2.75, 3.05) is 26.2 Å². The van der Waals surface area contributed by atoms with E-state index in [4.69, 9.17) is 0 Å². The van der Waals surface area contributed by atoms with Crippen molar-refractivity contribution in [2.45, 2.75) is 13.3 Å². The summed E-state index contributed by atoms with van der Waals surface area (Å²) >= 11 is 0. The van der Waals surface area contributed by atoms with Gasteiger partial charge in [0.05, 0.1) is 12.1 Å².